The van der Waals surface area contributed by atoms with E-state index in [1.54, 1.807) is 48.8 Å². The van der Waals surface area contributed by atoms with Gasteiger partial charge in [-0.3, -0.25) is 54.0 Å². The molecular formula is C53H73N21O9S2. The summed E-state index contributed by atoms with van der Waals surface area (Å²) in [6.07, 6.45) is 7.32. The van der Waals surface area contributed by atoms with Crippen molar-refractivity contribution >= 4 is 97.6 Å². The van der Waals surface area contributed by atoms with Crippen LogP contribution in [0.15, 0.2) is 85.8 Å². The summed E-state index contributed by atoms with van der Waals surface area (Å²) in [5, 5.41) is 42.8. The lowest BCUT2D eigenvalue weighted by Crippen LogP contribution is -2.61. The van der Waals surface area contributed by atoms with Gasteiger partial charge in [0.1, 0.15) is 48.3 Å². The molecule has 1 fully saturated rings. The Morgan fingerprint density at radius 1 is 0.647 bits per heavy atom. The third-order valence-electron chi connectivity index (χ3n) is 13.4. The average molecular weight is 1210 g/mol. The maximum atomic E-state index is 14.7. The Morgan fingerprint density at radius 3 is 1.88 bits per heavy atom. The van der Waals surface area contributed by atoms with Crippen LogP contribution in [0.2, 0.25) is 0 Å². The summed E-state index contributed by atoms with van der Waals surface area (Å²) in [4.78, 5) is 145. The van der Waals surface area contributed by atoms with E-state index in [1.165, 1.54) is 25.8 Å². The van der Waals surface area contributed by atoms with E-state index in [0.29, 0.717) is 22.5 Å². The summed E-state index contributed by atoms with van der Waals surface area (Å²) in [7, 11) is 1.97. The first-order valence-corrected chi connectivity index (χ1v) is 29.7. The van der Waals surface area contributed by atoms with Crippen LogP contribution >= 0.6 is 21.6 Å². The summed E-state index contributed by atoms with van der Waals surface area (Å²) in [5.41, 5.74) is 25.9. The predicted molar refractivity (Wildman–Crippen MR) is 318 cm³/mol. The molecule has 5 aromatic rings. The molecule has 0 radical (unpaired) electrons. The number of nitrogens with one attached hydrogen (secondary N) is 15. The van der Waals surface area contributed by atoms with Gasteiger partial charge in [0.15, 0.2) is 11.9 Å². The molecule has 2 aromatic carbocycles. The summed E-state index contributed by atoms with van der Waals surface area (Å²) >= 11 is 0. The number of hydrogen-bond donors (Lipinski definition) is 19. The van der Waals surface area contributed by atoms with Crippen molar-refractivity contribution in [3.8, 4) is 0 Å². The van der Waals surface area contributed by atoms with Gasteiger partial charge < -0.3 is 91.1 Å². The van der Waals surface area contributed by atoms with E-state index in [9.17, 15) is 43.2 Å². The van der Waals surface area contributed by atoms with E-state index in [4.69, 9.17) is 33.8 Å². The van der Waals surface area contributed by atoms with Gasteiger partial charge >= 0.3 is 0 Å². The van der Waals surface area contributed by atoms with Crippen LogP contribution in [-0.2, 0) is 68.8 Å². The highest BCUT2D eigenvalue weighted by Crippen LogP contribution is 2.24. The highest BCUT2D eigenvalue weighted by Gasteiger charge is 2.36. The maximum absolute atomic E-state index is 14.7. The van der Waals surface area contributed by atoms with Gasteiger partial charge in [-0.05, 0) is 49.8 Å². The molecule has 1 aliphatic rings. The van der Waals surface area contributed by atoms with Crippen LogP contribution in [-0.4, -0.2) is 169 Å². The van der Waals surface area contributed by atoms with Crippen molar-refractivity contribution in [3.05, 3.63) is 108 Å². The number of rotatable bonds is 21. The lowest BCUT2D eigenvalue weighted by molar-refractivity contribution is -0.135. The number of aromatic amines is 3. The number of carbonyl (C=O) groups excluding carboxylic acids is 9. The molecule has 1 saturated heterocycles. The summed E-state index contributed by atoms with van der Waals surface area (Å²) in [6, 6.07) is 3.52. The first-order valence-electron chi connectivity index (χ1n) is 27.2. The molecule has 9 atom stereocenters. The molecule has 9 amide bonds. The number of aromatic nitrogens is 5. The highest BCUT2D eigenvalue weighted by atomic mass is 33.1. The Morgan fingerprint density at radius 2 is 1.22 bits per heavy atom. The molecule has 1 aliphatic heterocycles. The first kappa shape index (κ1) is 65.0. The van der Waals surface area contributed by atoms with E-state index >= 15 is 0 Å². The third-order valence-corrected chi connectivity index (χ3v) is 15.8. The van der Waals surface area contributed by atoms with Crippen molar-refractivity contribution in [2.24, 2.45) is 22.9 Å². The first-order chi connectivity index (χ1) is 40.7. The number of imidazole rings is 2. The number of guanidine groups is 2. The molecule has 0 saturated carbocycles. The Bertz CT molecular complexity index is 3090. The molecule has 30 nitrogen and oxygen atoms in total. The van der Waals surface area contributed by atoms with Crippen LogP contribution in [0.4, 0.5) is 0 Å². The number of para-hydroxylation sites is 1. The van der Waals surface area contributed by atoms with Gasteiger partial charge in [-0.15, -0.1) is 0 Å². The minimum atomic E-state index is -1.47. The van der Waals surface area contributed by atoms with Gasteiger partial charge in [0.25, 0.3) is 0 Å². The molecule has 32 heteroatoms. The molecule has 6 rings (SSSR count). The summed E-state index contributed by atoms with van der Waals surface area (Å²) in [5.74, 6) is -8.76. The second-order valence-corrected chi connectivity index (χ2v) is 22.5. The molecule has 85 heavy (non-hydrogen) atoms. The molecule has 0 bridgehead atoms. The normalized spacial score (nSPS) is 21.3. The molecule has 23 N–H and O–H groups in total. The zero-order valence-electron chi connectivity index (χ0n) is 46.5. The van der Waals surface area contributed by atoms with Crippen LogP contribution < -0.4 is 76.1 Å². The highest BCUT2D eigenvalue weighted by molar-refractivity contribution is 8.76. The standard InChI is InChI=1S/C53H73N21O9S2/c1-28-44(76)70-40(20-32-23-61-27-66-32)50(82)71-38(17-29-9-3-2-4-10-29)48(80)69-37(14-8-16-63-53(58)59)46(78)72-39(18-30-21-64-35-12-6-5-11-33(30)35)49(81)73-41(43(55)75)24-84-85-25-42(51(83)67-28)74-47(79)36(13-7-15-62-52(56)57)68-45(77)34(54)19-31-22-60-26-65-31/h2-6,9-12,21-23,26-28,34,36-42,64H,7-8,13-20,24-25,54H2,1H3,(H2,55,75)(H,60,65)(H,61,66)(H,67,83)(H,68,77)(H,69,80)(H,70,76)(H,71,82)(H,72,78)(H,73,81)(H,74,79)(H4,56,57,62)(H4,58,59,63)/t28-,34+,36+,37+,38-,39+,40+,41+,42+/m1/s1. The fraction of sp³-hybridized carbons (Fsp3) is 0.415. The van der Waals surface area contributed by atoms with E-state index in [2.05, 4.69) is 78.1 Å². The summed E-state index contributed by atoms with van der Waals surface area (Å²) in [6.45, 7) is 1.57. The molecule has 3 aromatic heterocycles. The number of hydrogen-bond acceptors (Lipinski definition) is 16. The number of fused-ring (bicyclic) bond motifs is 1. The van der Waals surface area contributed by atoms with Gasteiger partial charge in [-0.25, -0.2) is 9.97 Å². The van der Waals surface area contributed by atoms with Crippen molar-refractivity contribution in [2.75, 3.05) is 24.6 Å². The lowest BCUT2D eigenvalue weighted by atomic mass is 10.0. The Hall–Kier alpha value is -9.17. The number of nitrogens with zero attached hydrogens (tertiary/aromatic N) is 2. The predicted octanol–water partition coefficient (Wildman–Crippen LogP) is -3.48. The smallest absolute Gasteiger partial charge is 0.244 e. The van der Waals surface area contributed by atoms with Crippen LogP contribution in [0.25, 0.3) is 10.9 Å². The Labute approximate surface area is 496 Å². The Kier molecular flexibility index (Phi) is 24.9. The quantitative estimate of drug-likeness (QED) is 0.0147. The zero-order chi connectivity index (χ0) is 61.4. The topological polar surface area (TPSA) is 499 Å². The minimum absolute atomic E-state index is 0.0109. The third kappa shape index (κ3) is 20.9. The SMILES string of the molecule is C[C@H]1NC(=O)[C@@H](NC(=O)[C@H](CCCNC(=N)N)NC(=O)[C@@H](N)Cc2c[nH]cn2)CSSC[C@@H](C(N)=O)NC(=O)[C@H](Cc2c[nH]c3ccccc23)NC(=O)[C@H](CCCNC(=N)N)NC(=O)[C@@H](Cc2ccccc2)NC(=O)[C@H](Cc2c[nH]cn2)NC1=O. The van der Waals surface area contributed by atoms with Crippen molar-refractivity contribution in [3.63, 3.8) is 0 Å². The van der Waals surface area contributed by atoms with E-state index < -0.39 is 108 Å². The van der Waals surface area contributed by atoms with Crippen LogP contribution in [0.5, 0.6) is 0 Å². The maximum Gasteiger partial charge on any atom is 0.244 e. The molecule has 4 heterocycles. The zero-order valence-corrected chi connectivity index (χ0v) is 48.1. The van der Waals surface area contributed by atoms with Gasteiger partial charge in [-0.2, -0.15) is 0 Å². The Balaban J connectivity index is 1.35. The molecular weight excluding hydrogens is 1140 g/mol. The van der Waals surface area contributed by atoms with Gasteiger partial charge in [0.2, 0.25) is 53.2 Å². The van der Waals surface area contributed by atoms with Gasteiger partial charge in [-0.1, -0.05) is 70.1 Å². The fourth-order valence-electron chi connectivity index (χ4n) is 8.85. The molecule has 0 spiro atoms. The van der Waals surface area contributed by atoms with Crippen LogP contribution in [0.3, 0.4) is 0 Å². The lowest BCUT2D eigenvalue weighted by Gasteiger charge is -2.27. The minimum Gasteiger partial charge on any atom is -0.370 e. The monoisotopic (exact) mass is 1210 g/mol. The summed E-state index contributed by atoms with van der Waals surface area (Å²) < 4.78 is 0. The van der Waals surface area contributed by atoms with E-state index in [-0.39, 0.29) is 87.9 Å². The van der Waals surface area contributed by atoms with Crippen LogP contribution in [0, 0.1) is 10.8 Å². The second-order valence-electron chi connectivity index (χ2n) is 20.0. The van der Waals surface area contributed by atoms with E-state index in [1.807, 2.05) is 18.2 Å². The second kappa shape index (κ2) is 32.6. The van der Waals surface area contributed by atoms with E-state index in [0.717, 1.165) is 32.5 Å². The fourth-order valence-corrected chi connectivity index (χ4v) is 11.2. The molecule has 0 unspecified atom stereocenters. The number of nitrogens with two attached hydrogens (primary N) is 4. The largest absolute Gasteiger partial charge is 0.370 e. The van der Waals surface area contributed by atoms with Crippen molar-refractivity contribution in [1.82, 2.24) is 78.1 Å². The van der Waals surface area contributed by atoms with Gasteiger partial charge in [0, 0.05) is 79.8 Å². The van der Waals surface area contributed by atoms with Gasteiger partial charge in [0.05, 0.1) is 30.1 Å². The van der Waals surface area contributed by atoms with Crippen molar-refractivity contribution in [1.29, 1.82) is 10.8 Å². The number of benzene rings is 2. The van der Waals surface area contributed by atoms with Crippen LogP contribution in [0.1, 0.15) is 55.1 Å². The number of amides is 9. The van der Waals surface area contributed by atoms with Crippen molar-refractivity contribution in [2.45, 2.75) is 113 Å². The number of carbonyl (C=O) groups is 9. The number of primary amides is 1. The average Bonchev–Trinajstić information content (AvgIpc) is 4.45. The van der Waals surface area contributed by atoms with Crippen molar-refractivity contribution < 1.29 is 43.2 Å². The molecule has 0 aliphatic carbocycles. The molecule has 456 valence electrons. The number of H-pyrrole nitrogens is 3.